The average Bonchev–Trinajstić information content (AvgIpc) is 2.89. The second kappa shape index (κ2) is 10.6. The third kappa shape index (κ3) is 6.76. The number of benzene rings is 1. The molecule has 0 bridgehead atoms. The van der Waals surface area contributed by atoms with Crippen LogP contribution < -0.4 is 0 Å². The van der Waals surface area contributed by atoms with E-state index >= 15 is 0 Å². The van der Waals surface area contributed by atoms with Crippen LogP contribution in [0.4, 0.5) is 0 Å². The zero-order chi connectivity index (χ0) is 20.7. The molecular formula is C22H34O5S. The van der Waals surface area contributed by atoms with Gasteiger partial charge in [0.05, 0.1) is 17.8 Å². The molecule has 0 aliphatic heterocycles. The Kier molecular flexibility index (Phi) is 8.81. The number of hydrogen-bond acceptors (Lipinski definition) is 5. The minimum absolute atomic E-state index is 0.00768. The molecule has 5 unspecified atom stereocenters. The van der Waals surface area contributed by atoms with Gasteiger partial charge in [-0.15, -0.1) is 0 Å². The Hall–Kier alpha value is -1.08. The standard InChI is InChI=1S/C22H34O5S/c1-15-9-11-16(12-10-15)22(2,27)14-28-21-17(18(23)13-19(21)24)7-5-3-4-6-8-20(25)26/h9-12,17-19,21,23-24,27H,3-8,13-14H2,1-2H3,(H,25,26). The number of carboxylic acids is 1. The second-order valence-electron chi connectivity index (χ2n) is 8.30. The van der Waals surface area contributed by atoms with Gasteiger partial charge in [0.1, 0.15) is 0 Å². The van der Waals surface area contributed by atoms with Crippen molar-refractivity contribution in [2.75, 3.05) is 5.75 Å². The van der Waals surface area contributed by atoms with Crippen LogP contribution in [0.25, 0.3) is 0 Å². The molecule has 0 spiro atoms. The molecule has 0 amide bonds. The molecule has 2 rings (SSSR count). The lowest BCUT2D eigenvalue weighted by Gasteiger charge is -2.29. The summed E-state index contributed by atoms with van der Waals surface area (Å²) in [6.07, 6.45) is 3.73. The van der Waals surface area contributed by atoms with Crippen LogP contribution in [0, 0.1) is 12.8 Å². The van der Waals surface area contributed by atoms with Gasteiger partial charge in [-0.05, 0) is 38.2 Å². The Bertz CT molecular complexity index is 616. The van der Waals surface area contributed by atoms with Gasteiger partial charge in [0.25, 0.3) is 0 Å². The Labute approximate surface area is 172 Å². The van der Waals surface area contributed by atoms with E-state index in [0.717, 1.165) is 36.8 Å². The molecule has 5 nitrogen and oxygen atoms in total. The summed E-state index contributed by atoms with van der Waals surface area (Å²) < 4.78 is 0. The maximum Gasteiger partial charge on any atom is 0.303 e. The highest BCUT2D eigenvalue weighted by Gasteiger charge is 2.42. The maximum atomic E-state index is 10.9. The predicted octanol–water partition coefficient (Wildman–Crippen LogP) is 3.47. The Morgan fingerprint density at radius 1 is 1.11 bits per heavy atom. The number of hydrogen-bond donors (Lipinski definition) is 4. The molecule has 6 heteroatoms. The first-order valence-corrected chi connectivity index (χ1v) is 11.2. The van der Waals surface area contributed by atoms with E-state index in [9.17, 15) is 20.1 Å². The molecule has 0 saturated heterocycles. The molecule has 0 heterocycles. The lowest BCUT2D eigenvalue weighted by molar-refractivity contribution is -0.137. The lowest BCUT2D eigenvalue weighted by atomic mass is 9.96. The average molecular weight is 411 g/mol. The molecule has 28 heavy (non-hydrogen) atoms. The highest BCUT2D eigenvalue weighted by molar-refractivity contribution is 8.00. The topological polar surface area (TPSA) is 98.0 Å². The molecule has 1 aliphatic rings. The Morgan fingerprint density at radius 2 is 1.75 bits per heavy atom. The number of aliphatic carboxylic acids is 1. The van der Waals surface area contributed by atoms with E-state index in [4.69, 9.17) is 5.11 Å². The molecule has 1 fully saturated rings. The molecule has 0 aromatic heterocycles. The third-order valence-corrected chi connectivity index (χ3v) is 7.46. The van der Waals surface area contributed by atoms with Gasteiger partial charge in [0.15, 0.2) is 0 Å². The molecule has 0 radical (unpaired) electrons. The van der Waals surface area contributed by atoms with Crippen molar-refractivity contribution >= 4 is 17.7 Å². The van der Waals surface area contributed by atoms with Gasteiger partial charge in [-0.25, -0.2) is 0 Å². The number of carboxylic acid groups (broad SMARTS) is 1. The summed E-state index contributed by atoms with van der Waals surface area (Å²) in [6.45, 7) is 3.80. The number of carbonyl (C=O) groups is 1. The van der Waals surface area contributed by atoms with E-state index < -0.39 is 23.8 Å². The van der Waals surface area contributed by atoms with Crippen LogP contribution in [0.1, 0.15) is 63.0 Å². The van der Waals surface area contributed by atoms with Crippen LogP contribution in [0.5, 0.6) is 0 Å². The van der Waals surface area contributed by atoms with E-state index in [1.54, 1.807) is 18.7 Å². The zero-order valence-corrected chi connectivity index (χ0v) is 17.7. The van der Waals surface area contributed by atoms with Gasteiger partial charge in [-0.2, -0.15) is 11.8 Å². The summed E-state index contributed by atoms with van der Waals surface area (Å²) in [4.78, 5) is 10.6. The summed E-state index contributed by atoms with van der Waals surface area (Å²) in [5, 5.41) is 40.2. The van der Waals surface area contributed by atoms with Gasteiger partial charge in [0, 0.05) is 23.8 Å². The van der Waals surface area contributed by atoms with Crippen molar-refractivity contribution in [3.05, 3.63) is 35.4 Å². The van der Waals surface area contributed by atoms with E-state index in [-0.39, 0.29) is 17.6 Å². The molecule has 1 aromatic rings. The number of aryl methyl sites for hydroxylation is 1. The smallest absolute Gasteiger partial charge is 0.303 e. The molecule has 158 valence electrons. The van der Waals surface area contributed by atoms with Gasteiger partial charge >= 0.3 is 5.97 Å². The minimum Gasteiger partial charge on any atom is -0.481 e. The fourth-order valence-electron chi connectivity index (χ4n) is 3.92. The van der Waals surface area contributed by atoms with Crippen molar-refractivity contribution < 1.29 is 25.2 Å². The maximum absolute atomic E-state index is 10.9. The number of rotatable bonds is 11. The Balaban J connectivity index is 1.85. The van der Waals surface area contributed by atoms with Crippen molar-refractivity contribution in [3.8, 4) is 0 Å². The second-order valence-corrected chi connectivity index (χ2v) is 9.46. The number of aliphatic hydroxyl groups excluding tert-OH is 2. The molecule has 5 atom stereocenters. The van der Waals surface area contributed by atoms with Crippen LogP contribution in [0.2, 0.25) is 0 Å². The third-order valence-electron chi connectivity index (χ3n) is 5.69. The highest BCUT2D eigenvalue weighted by atomic mass is 32.2. The summed E-state index contributed by atoms with van der Waals surface area (Å²) >= 11 is 1.54. The highest BCUT2D eigenvalue weighted by Crippen LogP contribution is 2.41. The van der Waals surface area contributed by atoms with Crippen LogP contribution in [0.15, 0.2) is 24.3 Å². The van der Waals surface area contributed by atoms with E-state index in [2.05, 4.69) is 0 Å². The Morgan fingerprint density at radius 3 is 2.39 bits per heavy atom. The van der Waals surface area contributed by atoms with Crippen LogP contribution in [-0.2, 0) is 10.4 Å². The van der Waals surface area contributed by atoms with Gasteiger partial charge in [-0.3, -0.25) is 4.79 Å². The summed E-state index contributed by atoms with van der Waals surface area (Å²) in [7, 11) is 0. The largest absolute Gasteiger partial charge is 0.481 e. The van der Waals surface area contributed by atoms with Gasteiger partial charge < -0.3 is 20.4 Å². The predicted molar refractivity (Wildman–Crippen MR) is 112 cm³/mol. The fourth-order valence-corrected chi connectivity index (χ4v) is 5.50. The fraction of sp³-hybridized carbons (Fsp3) is 0.682. The number of thioether (sulfide) groups is 1. The van der Waals surface area contributed by atoms with Crippen molar-refractivity contribution in [2.45, 2.75) is 81.9 Å². The van der Waals surface area contributed by atoms with Crippen LogP contribution >= 0.6 is 11.8 Å². The van der Waals surface area contributed by atoms with Crippen molar-refractivity contribution in [3.63, 3.8) is 0 Å². The molecular weight excluding hydrogens is 376 g/mol. The van der Waals surface area contributed by atoms with Crippen LogP contribution in [-0.4, -0.2) is 49.6 Å². The van der Waals surface area contributed by atoms with Crippen molar-refractivity contribution in [1.29, 1.82) is 0 Å². The van der Waals surface area contributed by atoms with E-state index in [1.807, 2.05) is 31.2 Å². The van der Waals surface area contributed by atoms with E-state index in [0.29, 0.717) is 18.6 Å². The first-order valence-electron chi connectivity index (χ1n) is 10.2. The number of unbranched alkanes of at least 4 members (excludes halogenated alkanes) is 3. The molecule has 1 aromatic carbocycles. The quantitative estimate of drug-likeness (QED) is 0.417. The SMILES string of the molecule is Cc1ccc(C(C)(O)CSC2C(O)CC(O)C2CCCCCCC(=O)O)cc1. The lowest BCUT2D eigenvalue weighted by Crippen LogP contribution is -2.30. The van der Waals surface area contributed by atoms with Crippen molar-refractivity contribution in [2.24, 2.45) is 5.92 Å². The minimum atomic E-state index is -0.993. The first kappa shape index (κ1) is 23.2. The summed E-state index contributed by atoms with van der Waals surface area (Å²) in [5.41, 5.74) is 1.01. The molecule has 4 N–H and O–H groups in total. The van der Waals surface area contributed by atoms with Gasteiger partial charge in [-0.1, -0.05) is 49.1 Å². The summed E-state index contributed by atoms with van der Waals surface area (Å²) in [5.74, 6) is -0.292. The number of aliphatic hydroxyl groups is 3. The monoisotopic (exact) mass is 410 g/mol. The van der Waals surface area contributed by atoms with Crippen LogP contribution in [0.3, 0.4) is 0 Å². The normalized spacial score (nSPS) is 26.9. The summed E-state index contributed by atoms with van der Waals surface area (Å²) in [6, 6.07) is 7.83. The van der Waals surface area contributed by atoms with Crippen molar-refractivity contribution in [1.82, 2.24) is 0 Å². The zero-order valence-electron chi connectivity index (χ0n) is 16.9. The molecule has 1 saturated carbocycles. The molecule has 1 aliphatic carbocycles. The first-order chi connectivity index (χ1) is 13.2. The van der Waals surface area contributed by atoms with E-state index in [1.165, 1.54) is 0 Å². The van der Waals surface area contributed by atoms with Gasteiger partial charge in [0.2, 0.25) is 0 Å².